The number of ether oxygens (including phenoxy) is 1. The molecule has 0 amide bonds. The molecule has 0 aliphatic carbocycles. The van der Waals surface area contributed by atoms with Gasteiger partial charge in [0.15, 0.2) is 5.56 Å². The van der Waals surface area contributed by atoms with Crippen LogP contribution in [0.3, 0.4) is 0 Å². The Morgan fingerprint density at radius 3 is 2.52 bits per heavy atom. The number of halogens is 3. The number of esters is 1. The molecule has 0 atom stereocenters. The van der Waals surface area contributed by atoms with Crippen molar-refractivity contribution in [3.8, 4) is 6.07 Å². The molecule has 0 spiro atoms. The summed E-state index contributed by atoms with van der Waals surface area (Å²) < 4.78 is 43.4. The normalized spacial score (nSPS) is 10.8. The first-order chi connectivity index (χ1) is 9.72. The van der Waals surface area contributed by atoms with Gasteiger partial charge < -0.3 is 4.74 Å². The maximum atomic E-state index is 12.9. The molecular formula is C12H9F3N2O4. The molecule has 0 radical (unpaired) electrons. The minimum Gasteiger partial charge on any atom is -0.466 e. The second-order valence-electron chi connectivity index (χ2n) is 3.84. The molecule has 112 valence electrons. The Kier molecular flexibility index (Phi) is 4.86. The van der Waals surface area contributed by atoms with Gasteiger partial charge in [-0.15, -0.1) is 0 Å². The Morgan fingerprint density at radius 2 is 2.10 bits per heavy atom. The average molecular weight is 302 g/mol. The van der Waals surface area contributed by atoms with E-state index in [0.717, 1.165) is 12.1 Å². The number of rotatable bonds is 4. The van der Waals surface area contributed by atoms with E-state index in [2.05, 4.69) is 4.74 Å². The smallest absolute Gasteiger partial charge is 0.424 e. The van der Waals surface area contributed by atoms with Gasteiger partial charge in [0.25, 0.3) is 5.69 Å². The number of nitrogens with zero attached hydrogens (tertiary/aromatic N) is 2. The van der Waals surface area contributed by atoms with Gasteiger partial charge in [0, 0.05) is 5.56 Å². The van der Waals surface area contributed by atoms with Crippen LogP contribution in [0.1, 0.15) is 23.6 Å². The zero-order valence-electron chi connectivity index (χ0n) is 10.7. The summed E-state index contributed by atoms with van der Waals surface area (Å²) in [6, 6.07) is 3.01. The van der Waals surface area contributed by atoms with E-state index in [1.807, 2.05) is 0 Å². The van der Waals surface area contributed by atoms with Crippen LogP contribution in [0.5, 0.6) is 0 Å². The van der Waals surface area contributed by atoms with Crippen LogP contribution in [0.25, 0.3) is 0 Å². The van der Waals surface area contributed by atoms with Gasteiger partial charge in [0.05, 0.1) is 23.5 Å². The molecule has 0 aliphatic heterocycles. The third-order valence-corrected chi connectivity index (χ3v) is 2.49. The van der Waals surface area contributed by atoms with E-state index in [0.29, 0.717) is 0 Å². The highest BCUT2D eigenvalue weighted by molar-refractivity contribution is 5.75. The highest BCUT2D eigenvalue weighted by atomic mass is 19.4. The number of benzene rings is 1. The molecule has 0 fully saturated rings. The Hall–Kier alpha value is -2.63. The van der Waals surface area contributed by atoms with Gasteiger partial charge in [-0.2, -0.15) is 18.4 Å². The number of nitro benzene ring substituents is 1. The SMILES string of the molecule is CCOC(=O)Cc1ccc(C#N)c(C(F)(F)F)c1[N+](=O)[O-]. The summed E-state index contributed by atoms with van der Waals surface area (Å²) in [6.45, 7) is 1.49. The van der Waals surface area contributed by atoms with E-state index in [1.54, 1.807) is 0 Å². The van der Waals surface area contributed by atoms with Crippen LogP contribution in [0, 0.1) is 21.4 Å². The van der Waals surface area contributed by atoms with Crippen molar-refractivity contribution in [3.63, 3.8) is 0 Å². The summed E-state index contributed by atoms with van der Waals surface area (Å²) in [5.74, 6) is -0.890. The molecule has 0 saturated heterocycles. The van der Waals surface area contributed by atoms with Crippen molar-refractivity contribution in [2.45, 2.75) is 19.5 Å². The first kappa shape index (κ1) is 16.4. The minimum absolute atomic E-state index is 0.00492. The number of nitriles is 1. The predicted octanol–water partition coefficient (Wildman–Crippen LogP) is 2.59. The van der Waals surface area contributed by atoms with E-state index in [9.17, 15) is 28.1 Å². The Morgan fingerprint density at radius 1 is 1.48 bits per heavy atom. The Labute approximate surface area is 116 Å². The third kappa shape index (κ3) is 3.68. The lowest BCUT2D eigenvalue weighted by Gasteiger charge is -2.12. The van der Waals surface area contributed by atoms with Gasteiger partial charge in [-0.05, 0) is 13.0 Å². The van der Waals surface area contributed by atoms with Crippen molar-refractivity contribution in [3.05, 3.63) is 38.9 Å². The monoisotopic (exact) mass is 302 g/mol. The van der Waals surface area contributed by atoms with Crippen molar-refractivity contribution in [1.82, 2.24) is 0 Å². The Balaban J connectivity index is 3.51. The number of alkyl halides is 3. The molecule has 1 aromatic carbocycles. The molecule has 0 N–H and O–H groups in total. The third-order valence-electron chi connectivity index (χ3n) is 2.49. The second kappa shape index (κ2) is 6.21. The average Bonchev–Trinajstić information content (AvgIpc) is 2.36. The summed E-state index contributed by atoms with van der Waals surface area (Å²) >= 11 is 0. The van der Waals surface area contributed by atoms with Crippen molar-refractivity contribution in [2.75, 3.05) is 6.61 Å². The fourth-order valence-corrected chi connectivity index (χ4v) is 1.73. The summed E-state index contributed by atoms with van der Waals surface area (Å²) in [4.78, 5) is 21.0. The number of hydrogen-bond donors (Lipinski definition) is 0. The zero-order valence-corrected chi connectivity index (χ0v) is 10.7. The lowest BCUT2D eigenvalue weighted by atomic mass is 9.99. The highest BCUT2D eigenvalue weighted by Crippen LogP contribution is 2.40. The van der Waals surface area contributed by atoms with E-state index in [-0.39, 0.29) is 6.61 Å². The molecule has 0 aromatic heterocycles. The lowest BCUT2D eigenvalue weighted by Crippen LogP contribution is -2.16. The summed E-state index contributed by atoms with van der Waals surface area (Å²) in [6.07, 6.45) is -5.77. The zero-order chi connectivity index (χ0) is 16.2. The first-order valence-corrected chi connectivity index (χ1v) is 5.65. The lowest BCUT2D eigenvalue weighted by molar-refractivity contribution is -0.388. The summed E-state index contributed by atoms with van der Waals surface area (Å²) in [5.41, 5.74) is -4.28. The second-order valence-corrected chi connectivity index (χ2v) is 3.84. The van der Waals surface area contributed by atoms with E-state index in [1.165, 1.54) is 13.0 Å². The van der Waals surface area contributed by atoms with Gasteiger partial charge in [0.2, 0.25) is 0 Å². The van der Waals surface area contributed by atoms with E-state index < -0.39 is 45.9 Å². The Bertz CT molecular complexity index is 620. The van der Waals surface area contributed by atoms with Crippen molar-refractivity contribution < 1.29 is 27.6 Å². The van der Waals surface area contributed by atoms with E-state index in [4.69, 9.17) is 5.26 Å². The quantitative estimate of drug-likeness (QED) is 0.484. The summed E-state index contributed by atoms with van der Waals surface area (Å²) in [5, 5.41) is 19.6. The van der Waals surface area contributed by atoms with Gasteiger partial charge in [-0.3, -0.25) is 14.9 Å². The van der Waals surface area contributed by atoms with Crippen LogP contribution in [-0.2, 0) is 22.1 Å². The number of hydrogen-bond acceptors (Lipinski definition) is 5. The highest BCUT2D eigenvalue weighted by Gasteiger charge is 2.43. The molecule has 0 unspecified atom stereocenters. The maximum Gasteiger partial charge on any atom is 0.424 e. The van der Waals surface area contributed by atoms with Crippen molar-refractivity contribution in [1.29, 1.82) is 5.26 Å². The minimum atomic E-state index is -5.09. The topological polar surface area (TPSA) is 93.2 Å². The number of nitro groups is 1. The van der Waals surface area contributed by atoms with Crippen LogP contribution in [0.2, 0.25) is 0 Å². The van der Waals surface area contributed by atoms with Gasteiger partial charge in [0.1, 0.15) is 6.07 Å². The van der Waals surface area contributed by atoms with Crippen LogP contribution >= 0.6 is 0 Å². The van der Waals surface area contributed by atoms with Gasteiger partial charge in [-0.25, -0.2) is 0 Å². The summed E-state index contributed by atoms with van der Waals surface area (Å²) in [7, 11) is 0. The molecule has 0 aliphatic rings. The van der Waals surface area contributed by atoms with E-state index >= 15 is 0 Å². The first-order valence-electron chi connectivity index (χ1n) is 5.65. The van der Waals surface area contributed by atoms with Crippen molar-refractivity contribution >= 4 is 11.7 Å². The van der Waals surface area contributed by atoms with Crippen LogP contribution in [0.4, 0.5) is 18.9 Å². The molecule has 6 nitrogen and oxygen atoms in total. The standard InChI is InChI=1S/C12H9F3N2O4/c1-2-21-9(18)5-7-3-4-8(6-16)10(12(13,14)15)11(7)17(19)20/h3-4H,2,5H2,1H3. The molecule has 0 bridgehead atoms. The molecule has 1 aromatic rings. The maximum absolute atomic E-state index is 12.9. The molecule has 21 heavy (non-hydrogen) atoms. The molecule has 1 rings (SSSR count). The fraction of sp³-hybridized carbons (Fsp3) is 0.333. The van der Waals surface area contributed by atoms with Crippen LogP contribution < -0.4 is 0 Å². The molecule has 9 heteroatoms. The fourth-order valence-electron chi connectivity index (χ4n) is 1.73. The predicted molar refractivity (Wildman–Crippen MR) is 63.2 cm³/mol. The number of carbonyl (C=O) groups excluding carboxylic acids is 1. The largest absolute Gasteiger partial charge is 0.466 e. The van der Waals surface area contributed by atoms with Crippen LogP contribution in [0.15, 0.2) is 12.1 Å². The van der Waals surface area contributed by atoms with Crippen LogP contribution in [-0.4, -0.2) is 17.5 Å². The van der Waals surface area contributed by atoms with Gasteiger partial charge >= 0.3 is 12.1 Å². The van der Waals surface area contributed by atoms with Gasteiger partial charge in [-0.1, -0.05) is 6.07 Å². The molecule has 0 heterocycles. The number of carbonyl (C=O) groups is 1. The molecular weight excluding hydrogens is 293 g/mol. The van der Waals surface area contributed by atoms with Crippen molar-refractivity contribution in [2.24, 2.45) is 0 Å². The molecule has 0 saturated carbocycles.